The fourth-order valence-corrected chi connectivity index (χ4v) is 3.36. The van der Waals surface area contributed by atoms with Gasteiger partial charge in [0.05, 0.1) is 32.1 Å². The van der Waals surface area contributed by atoms with E-state index < -0.39 is 11.9 Å². The summed E-state index contributed by atoms with van der Waals surface area (Å²) in [5.74, 6) is 1.66. The Hall–Kier alpha value is -4.53. The average molecular weight is 549 g/mol. The van der Waals surface area contributed by atoms with E-state index in [0.717, 1.165) is 31.4 Å². The molecule has 0 saturated carbocycles. The van der Waals surface area contributed by atoms with Crippen molar-refractivity contribution in [3.05, 3.63) is 77.9 Å². The molecular weight excluding hydrogens is 512 g/mol. The number of nitrogens with one attached hydrogen (secondary N) is 1. The van der Waals surface area contributed by atoms with Crippen LogP contribution >= 0.6 is 0 Å². The highest BCUT2D eigenvalue weighted by molar-refractivity contribution is 5.92. The molecule has 0 heterocycles. The second-order valence-corrected chi connectivity index (χ2v) is 8.78. The molecule has 0 aromatic heterocycles. The van der Waals surface area contributed by atoms with Crippen molar-refractivity contribution in [2.24, 2.45) is 5.10 Å². The first-order valence-corrected chi connectivity index (χ1v) is 13.3. The maximum atomic E-state index is 12.6. The average Bonchev–Trinajstić information content (AvgIpc) is 2.98. The van der Waals surface area contributed by atoms with Crippen molar-refractivity contribution in [1.29, 1.82) is 0 Å². The number of rotatable bonds is 16. The Balaban J connectivity index is 1.47. The smallest absolute Gasteiger partial charge is 0.343 e. The summed E-state index contributed by atoms with van der Waals surface area (Å²) in [6, 6.07) is 18.8. The molecule has 3 aromatic rings. The predicted octanol–water partition coefficient (Wildman–Crippen LogP) is 5.80. The SMILES string of the molecule is CCCCOc1ccc(OCC(=O)N/N=C\c2ccc(OC(=O)c3ccc(OCCCC)cc3)c(OC)c2)cc1. The van der Waals surface area contributed by atoms with E-state index >= 15 is 0 Å². The van der Waals surface area contributed by atoms with Gasteiger partial charge in [0, 0.05) is 0 Å². The van der Waals surface area contributed by atoms with Crippen LogP contribution in [-0.2, 0) is 4.79 Å². The van der Waals surface area contributed by atoms with Crippen LogP contribution in [-0.4, -0.2) is 45.0 Å². The minimum Gasteiger partial charge on any atom is -0.494 e. The van der Waals surface area contributed by atoms with Gasteiger partial charge < -0.3 is 23.7 Å². The third-order valence-corrected chi connectivity index (χ3v) is 5.61. The number of unbranched alkanes of at least 4 members (excludes halogenated alkanes) is 2. The number of hydrogen-bond donors (Lipinski definition) is 1. The van der Waals surface area contributed by atoms with Crippen molar-refractivity contribution in [1.82, 2.24) is 5.43 Å². The summed E-state index contributed by atoms with van der Waals surface area (Å²) in [6.07, 6.45) is 5.53. The Kier molecular flexibility index (Phi) is 12.3. The van der Waals surface area contributed by atoms with Crippen LogP contribution in [0.15, 0.2) is 71.8 Å². The molecule has 0 atom stereocenters. The van der Waals surface area contributed by atoms with Crippen LogP contribution in [0, 0.1) is 0 Å². The fourth-order valence-electron chi connectivity index (χ4n) is 3.36. The first-order valence-electron chi connectivity index (χ1n) is 13.3. The highest BCUT2D eigenvalue weighted by Crippen LogP contribution is 2.28. The van der Waals surface area contributed by atoms with Crippen LogP contribution in [0.5, 0.6) is 28.7 Å². The summed E-state index contributed by atoms with van der Waals surface area (Å²) in [5, 5.41) is 3.96. The molecule has 9 heteroatoms. The van der Waals surface area contributed by atoms with Crippen LogP contribution in [0.4, 0.5) is 0 Å². The van der Waals surface area contributed by atoms with E-state index in [0.29, 0.717) is 41.6 Å². The summed E-state index contributed by atoms with van der Waals surface area (Å²) in [7, 11) is 1.47. The summed E-state index contributed by atoms with van der Waals surface area (Å²) in [4.78, 5) is 24.7. The zero-order valence-electron chi connectivity index (χ0n) is 23.2. The van der Waals surface area contributed by atoms with Crippen molar-refractivity contribution >= 4 is 18.1 Å². The second kappa shape index (κ2) is 16.4. The molecule has 0 fully saturated rings. The first kappa shape index (κ1) is 30.0. The molecule has 1 N–H and O–H groups in total. The Morgan fingerprint density at radius 2 is 1.35 bits per heavy atom. The molecule has 0 aliphatic heterocycles. The summed E-state index contributed by atoms with van der Waals surface area (Å²) in [6.45, 7) is 5.30. The van der Waals surface area contributed by atoms with Crippen LogP contribution in [0.2, 0.25) is 0 Å². The Morgan fingerprint density at radius 3 is 1.93 bits per heavy atom. The highest BCUT2D eigenvalue weighted by Gasteiger charge is 2.13. The van der Waals surface area contributed by atoms with Gasteiger partial charge in [-0.3, -0.25) is 4.79 Å². The molecule has 3 aromatic carbocycles. The summed E-state index contributed by atoms with van der Waals surface area (Å²) < 4.78 is 27.6. The van der Waals surface area contributed by atoms with Gasteiger partial charge in [0.2, 0.25) is 0 Å². The molecule has 9 nitrogen and oxygen atoms in total. The van der Waals surface area contributed by atoms with E-state index in [4.69, 9.17) is 23.7 Å². The molecule has 0 spiro atoms. The molecule has 0 bridgehead atoms. The quantitative estimate of drug-likeness (QED) is 0.0793. The minimum atomic E-state index is -0.522. The van der Waals surface area contributed by atoms with Crippen molar-refractivity contribution < 1.29 is 33.3 Å². The van der Waals surface area contributed by atoms with Crippen molar-refractivity contribution in [3.8, 4) is 28.7 Å². The third-order valence-electron chi connectivity index (χ3n) is 5.61. The van der Waals surface area contributed by atoms with Crippen molar-refractivity contribution in [2.45, 2.75) is 39.5 Å². The Morgan fingerprint density at radius 1 is 0.775 bits per heavy atom. The lowest BCUT2D eigenvalue weighted by Crippen LogP contribution is -2.24. The minimum absolute atomic E-state index is 0.197. The number of methoxy groups -OCH3 is 1. The lowest BCUT2D eigenvalue weighted by Gasteiger charge is -2.10. The molecule has 3 rings (SSSR count). The number of carbonyl (C=O) groups excluding carboxylic acids is 2. The van der Waals surface area contributed by atoms with Gasteiger partial charge in [-0.05, 0) is 85.1 Å². The van der Waals surface area contributed by atoms with Gasteiger partial charge in [0.15, 0.2) is 18.1 Å². The van der Waals surface area contributed by atoms with Crippen LogP contribution in [0.25, 0.3) is 0 Å². The number of carbonyl (C=O) groups is 2. The van der Waals surface area contributed by atoms with Gasteiger partial charge in [-0.15, -0.1) is 0 Å². The van der Waals surface area contributed by atoms with Crippen LogP contribution in [0.3, 0.4) is 0 Å². The maximum absolute atomic E-state index is 12.6. The number of nitrogens with zero attached hydrogens (tertiary/aromatic N) is 1. The van der Waals surface area contributed by atoms with Crippen molar-refractivity contribution in [3.63, 3.8) is 0 Å². The van der Waals surface area contributed by atoms with Gasteiger partial charge >= 0.3 is 5.97 Å². The largest absolute Gasteiger partial charge is 0.494 e. The summed E-state index contributed by atoms with van der Waals surface area (Å²) >= 11 is 0. The van der Waals surface area contributed by atoms with Gasteiger partial charge in [-0.2, -0.15) is 5.10 Å². The molecule has 212 valence electrons. The zero-order valence-corrected chi connectivity index (χ0v) is 23.2. The molecule has 0 aliphatic carbocycles. The second-order valence-electron chi connectivity index (χ2n) is 8.78. The highest BCUT2D eigenvalue weighted by atomic mass is 16.6. The predicted molar refractivity (Wildman–Crippen MR) is 153 cm³/mol. The summed E-state index contributed by atoms with van der Waals surface area (Å²) in [5.41, 5.74) is 3.43. The van der Waals surface area contributed by atoms with E-state index in [1.165, 1.54) is 13.3 Å². The van der Waals surface area contributed by atoms with Crippen LogP contribution < -0.4 is 29.1 Å². The van der Waals surface area contributed by atoms with Gasteiger partial charge in [-0.25, -0.2) is 10.2 Å². The third kappa shape index (κ3) is 9.98. The van der Waals surface area contributed by atoms with E-state index in [9.17, 15) is 9.59 Å². The fraction of sp³-hybridized carbons (Fsp3) is 0.323. The number of benzene rings is 3. The standard InChI is InChI=1S/C31H36N2O7/c1-4-6-18-37-25-11-9-24(10-12-25)31(35)40-28-17-8-23(20-29(28)36-3)21-32-33-30(34)22-39-27-15-13-26(14-16-27)38-19-7-5-2/h8-17,20-21H,4-7,18-19,22H2,1-3H3,(H,33,34)/b32-21-. The Labute approximate surface area is 235 Å². The normalized spacial score (nSPS) is 10.7. The number of esters is 1. The number of amides is 1. The lowest BCUT2D eigenvalue weighted by molar-refractivity contribution is -0.123. The Bertz CT molecular complexity index is 1240. The lowest BCUT2D eigenvalue weighted by atomic mass is 10.2. The van der Waals surface area contributed by atoms with E-state index in [1.807, 2.05) is 0 Å². The van der Waals surface area contributed by atoms with Gasteiger partial charge in [-0.1, -0.05) is 26.7 Å². The molecule has 0 aliphatic rings. The maximum Gasteiger partial charge on any atom is 0.343 e. The monoisotopic (exact) mass is 548 g/mol. The van der Waals surface area contributed by atoms with E-state index in [1.54, 1.807) is 66.7 Å². The van der Waals surface area contributed by atoms with Gasteiger partial charge in [0.1, 0.15) is 17.2 Å². The topological polar surface area (TPSA) is 105 Å². The number of ether oxygens (including phenoxy) is 5. The first-order chi connectivity index (χ1) is 19.5. The number of hydrazone groups is 1. The molecule has 40 heavy (non-hydrogen) atoms. The van der Waals surface area contributed by atoms with E-state index in [2.05, 4.69) is 24.4 Å². The number of hydrogen-bond acceptors (Lipinski definition) is 8. The van der Waals surface area contributed by atoms with Crippen LogP contribution in [0.1, 0.15) is 55.5 Å². The molecule has 0 saturated heterocycles. The zero-order chi connectivity index (χ0) is 28.6. The molecular formula is C31H36N2O7. The molecule has 1 amide bonds. The van der Waals surface area contributed by atoms with Crippen molar-refractivity contribution in [2.75, 3.05) is 26.9 Å². The molecule has 0 radical (unpaired) electrons. The van der Waals surface area contributed by atoms with Gasteiger partial charge in [0.25, 0.3) is 5.91 Å². The van der Waals surface area contributed by atoms with E-state index in [-0.39, 0.29) is 12.4 Å². The molecule has 0 unspecified atom stereocenters.